The topological polar surface area (TPSA) is 26.3 Å². The van der Waals surface area contributed by atoms with Crippen LogP contribution in [-0.4, -0.2) is 24.1 Å². The zero-order chi connectivity index (χ0) is 11.8. The molecule has 0 aromatic heterocycles. The average molecular weight is 256 g/mol. The highest BCUT2D eigenvalue weighted by atomic mass is 33.1. The highest BCUT2D eigenvalue weighted by Crippen LogP contribution is 2.26. The Morgan fingerprint density at radius 1 is 1.38 bits per heavy atom. The van der Waals surface area contributed by atoms with Crippen LogP contribution in [0.4, 0.5) is 0 Å². The van der Waals surface area contributed by atoms with Crippen molar-refractivity contribution >= 4 is 27.6 Å². The zero-order valence-corrected chi connectivity index (χ0v) is 11.1. The second-order valence-corrected chi connectivity index (χ2v) is 6.03. The van der Waals surface area contributed by atoms with Crippen molar-refractivity contribution in [1.29, 1.82) is 0 Å². The van der Waals surface area contributed by atoms with Crippen molar-refractivity contribution < 1.29 is 9.53 Å². The Kier molecular flexibility index (Phi) is 6.42. The van der Waals surface area contributed by atoms with Crippen molar-refractivity contribution in [3.05, 3.63) is 35.9 Å². The molecule has 0 N–H and O–H groups in total. The van der Waals surface area contributed by atoms with Gasteiger partial charge in [-0.15, -0.1) is 0 Å². The standard InChI is InChI=1S/C12H16O2S2/c1-3-11(16-15-2)9-14-12(13)10-7-5-4-6-8-10/h4-8,11H,3,9H2,1-2H3. The van der Waals surface area contributed by atoms with Crippen LogP contribution in [0.3, 0.4) is 0 Å². The Morgan fingerprint density at radius 3 is 2.62 bits per heavy atom. The summed E-state index contributed by atoms with van der Waals surface area (Å²) in [6.45, 7) is 2.58. The molecule has 1 unspecified atom stereocenters. The first-order valence-corrected chi connectivity index (χ1v) is 7.81. The first-order chi connectivity index (χ1) is 7.77. The number of ether oxygens (including phenoxy) is 1. The summed E-state index contributed by atoms with van der Waals surface area (Å²) in [5.41, 5.74) is 0.617. The van der Waals surface area contributed by atoms with E-state index in [1.54, 1.807) is 33.7 Å². The third-order valence-corrected chi connectivity index (χ3v) is 4.43. The monoisotopic (exact) mass is 256 g/mol. The molecule has 0 heterocycles. The lowest BCUT2D eigenvalue weighted by molar-refractivity contribution is 0.0506. The van der Waals surface area contributed by atoms with Gasteiger partial charge in [0.2, 0.25) is 0 Å². The third kappa shape index (κ3) is 4.49. The van der Waals surface area contributed by atoms with E-state index in [-0.39, 0.29) is 5.97 Å². The number of hydrogen-bond acceptors (Lipinski definition) is 4. The Labute approximate surface area is 105 Å². The maximum absolute atomic E-state index is 11.6. The van der Waals surface area contributed by atoms with Crippen molar-refractivity contribution in [1.82, 2.24) is 0 Å². The number of hydrogen-bond donors (Lipinski definition) is 0. The van der Waals surface area contributed by atoms with Gasteiger partial charge in [0.25, 0.3) is 0 Å². The molecule has 1 atom stereocenters. The molecule has 88 valence electrons. The van der Waals surface area contributed by atoms with Gasteiger partial charge in [-0.2, -0.15) is 0 Å². The van der Waals surface area contributed by atoms with Gasteiger partial charge in [0, 0.05) is 5.25 Å². The summed E-state index contributed by atoms with van der Waals surface area (Å²) in [4.78, 5) is 11.6. The molecule has 0 radical (unpaired) electrons. The maximum Gasteiger partial charge on any atom is 0.338 e. The van der Waals surface area contributed by atoms with E-state index in [0.29, 0.717) is 17.4 Å². The van der Waals surface area contributed by atoms with Gasteiger partial charge in [0.1, 0.15) is 6.61 Å². The molecule has 0 aliphatic carbocycles. The summed E-state index contributed by atoms with van der Waals surface area (Å²) >= 11 is 0. The van der Waals surface area contributed by atoms with Crippen molar-refractivity contribution in [3.8, 4) is 0 Å². The molecule has 0 aliphatic rings. The smallest absolute Gasteiger partial charge is 0.338 e. The predicted molar refractivity (Wildman–Crippen MR) is 71.9 cm³/mol. The molecular weight excluding hydrogens is 240 g/mol. The Morgan fingerprint density at radius 2 is 2.06 bits per heavy atom. The van der Waals surface area contributed by atoms with E-state index in [2.05, 4.69) is 6.92 Å². The summed E-state index contributed by atoms with van der Waals surface area (Å²) in [5.74, 6) is -0.235. The van der Waals surface area contributed by atoms with Crippen molar-refractivity contribution in [3.63, 3.8) is 0 Å². The number of esters is 1. The number of rotatable bonds is 6. The van der Waals surface area contributed by atoms with Crippen LogP contribution < -0.4 is 0 Å². The molecule has 0 bridgehead atoms. The van der Waals surface area contributed by atoms with Crippen LogP contribution >= 0.6 is 21.6 Å². The number of carbonyl (C=O) groups is 1. The molecule has 0 amide bonds. The fourth-order valence-electron chi connectivity index (χ4n) is 1.18. The molecule has 1 rings (SSSR count). The summed E-state index contributed by atoms with van der Waals surface area (Å²) in [6.07, 6.45) is 3.04. The van der Waals surface area contributed by atoms with Gasteiger partial charge in [-0.25, -0.2) is 4.79 Å². The van der Waals surface area contributed by atoms with Crippen LogP contribution in [0.1, 0.15) is 23.7 Å². The van der Waals surface area contributed by atoms with Crippen LogP contribution in [0.5, 0.6) is 0 Å². The minimum Gasteiger partial charge on any atom is -0.461 e. The molecule has 0 aliphatic heterocycles. The second kappa shape index (κ2) is 7.63. The van der Waals surface area contributed by atoms with Crippen LogP contribution in [-0.2, 0) is 4.74 Å². The van der Waals surface area contributed by atoms with Crippen LogP contribution in [0, 0.1) is 0 Å². The van der Waals surface area contributed by atoms with Crippen LogP contribution in [0.15, 0.2) is 30.3 Å². The molecule has 0 spiro atoms. The van der Waals surface area contributed by atoms with E-state index >= 15 is 0 Å². The SMILES string of the molecule is CCC(COC(=O)c1ccccc1)SSC. The van der Waals surface area contributed by atoms with Gasteiger partial charge in [-0.1, -0.05) is 46.7 Å². The lowest BCUT2D eigenvalue weighted by Crippen LogP contribution is -2.14. The quantitative estimate of drug-likeness (QED) is 0.573. The van der Waals surface area contributed by atoms with E-state index in [9.17, 15) is 4.79 Å². The minimum absolute atomic E-state index is 0.235. The Hall–Kier alpha value is -0.610. The fraction of sp³-hybridized carbons (Fsp3) is 0.417. The Balaban J connectivity index is 2.40. The van der Waals surface area contributed by atoms with E-state index in [1.807, 2.05) is 24.5 Å². The van der Waals surface area contributed by atoms with Crippen molar-refractivity contribution in [2.24, 2.45) is 0 Å². The van der Waals surface area contributed by atoms with Crippen LogP contribution in [0.25, 0.3) is 0 Å². The van der Waals surface area contributed by atoms with E-state index < -0.39 is 0 Å². The molecule has 0 saturated carbocycles. The molecule has 4 heteroatoms. The van der Waals surface area contributed by atoms with Crippen LogP contribution in [0.2, 0.25) is 0 Å². The second-order valence-electron chi connectivity index (χ2n) is 3.26. The average Bonchev–Trinajstić information content (AvgIpc) is 2.35. The molecular formula is C12H16O2S2. The minimum atomic E-state index is -0.235. The first kappa shape index (κ1) is 13.5. The largest absolute Gasteiger partial charge is 0.461 e. The summed E-state index contributed by atoms with van der Waals surface area (Å²) in [5, 5.41) is 0.377. The third-order valence-electron chi connectivity index (χ3n) is 2.10. The normalized spacial score (nSPS) is 12.1. The molecule has 16 heavy (non-hydrogen) atoms. The number of carbonyl (C=O) groups excluding carboxylic acids is 1. The highest BCUT2D eigenvalue weighted by Gasteiger charge is 2.11. The summed E-state index contributed by atoms with van der Waals surface area (Å²) in [7, 11) is 3.46. The predicted octanol–water partition coefficient (Wildman–Crippen LogP) is 3.63. The summed E-state index contributed by atoms with van der Waals surface area (Å²) in [6, 6.07) is 9.10. The van der Waals surface area contributed by atoms with Gasteiger partial charge in [0.15, 0.2) is 0 Å². The lowest BCUT2D eigenvalue weighted by Gasteiger charge is -2.12. The molecule has 1 aromatic carbocycles. The maximum atomic E-state index is 11.6. The molecule has 0 fully saturated rings. The van der Waals surface area contributed by atoms with E-state index in [1.165, 1.54) is 0 Å². The van der Waals surface area contributed by atoms with Crippen molar-refractivity contribution in [2.45, 2.75) is 18.6 Å². The van der Waals surface area contributed by atoms with Gasteiger partial charge < -0.3 is 4.74 Å². The van der Waals surface area contributed by atoms with Gasteiger partial charge >= 0.3 is 5.97 Å². The van der Waals surface area contributed by atoms with Crippen molar-refractivity contribution in [2.75, 3.05) is 12.9 Å². The zero-order valence-electron chi connectivity index (χ0n) is 9.51. The Bertz CT molecular complexity index is 314. The molecule has 2 nitrogen and oxygen atoms in total. The first-order valence-electron chi connectivity index (χ1n) is 5.19. The van der Waals surface area contributed by atoms with Gasteiger partial charge in [-0.3, -0.25) is 0 Å². The molecule has 0 saturated heterocycles. The van der Waals surface area contributed by atoms with E-state index in [4.69, 9.17) is 4.74 Å². The lowest BCUT2D eigenvalue weighted by atomic mass is 10.2. The van der Waals surface area contributed by atoms with Gasteiger partial charge in [-0.05, 0) is 24.8 Å². The highest BCUT2D eigenvalue weighted by molar-refractivity contribution is 8.76. The summed E-state index contributed by atoms with van der Waals surface area (Å²) < 4.78 is 5.26. The van der Waals surface area contributed by atoms with E-state index in [0.717, 1.165) is 6.42 Å². The molecule has 1 aromatic rings. The number of benzene rings is 1. The fourth-order valence-corrected chi connectivity index (χ4v) is 3.10. The van der Waals surface area contributed by atoms with Gasteiger partial charge in [0.05, 0.1) is 5.56 Å².